The average molecular weight is 227 g/mol. The highest BCUT2D eigenvalue weighted by Gasteiger charge is 2.13. The van der Waals surface area contributed by atoms with Gasteiger partial charge in [-0.2, -0.15) is 0 Å². The summed E-state index contributed by atoms with van der Waals surface area (Å²) >= 11 is 1.70. The zero-order valence-electron chi connectivity index (χ0n) is 8.99. The quantitative estimate of drug-likeness (QED) is 0.853. The normalized spacial score (nSPS) is 21.5. The van der Waals surface area contributed by atoms with E-state index in [9.17, 15) is 0 Å². The molecule has 2 rings (SSSR count). The highest BCUT2D eigenvalue weighted by molar-refractivity contribution is 7.13. The van der Waals surface area contributed by atoms with Gasteiger partial charge in [-0.15, -0.1) is 11.3 Å². The number of methoxy groups -OCH3 is 1. The molecule has 1 atom stereocenters. The van der Waals surface area contributed by atoms with Crippen molar-refractivity contribution in [2.45, 2.75) is 25.4 Å². The first-order chi connectivity index (χ1) is 7.38. The Morgan fingerprint density at radius 1 is 1.60 bits per heavy atom. The van der Waals surface area contributed by atoms with E-state index in [-0.39, 0.29) is 0 Å². The second-order valence-corrected chi connectivity index (χ2v) is 4.85. The predicted octanol–water partition coefficient (Wildman–Crippen LogP) is 2.03. The van der Waals surface area contributed by atoms with Gasteiger partial charge in [-0.25, -0.2) is 0 Å². The van der Waals surface area contributed by atoms with Gasteiger partial charge in [-0.3, -0.25) is 0 Å². The van der Waals surface area contributed by atoms with E-state index >= 15 is 0 Å². The van der Waals surface area contributed by atoms with Crippen LogP contribution in [-0.2, 0) is 11.3 Å². The van der Waals surface area contributed by atoms with Crippen LogP contribution in [0.25, 0.3) is 0 Å². The van der Waals surface area contributed by atoms with Crippen LogP contribution in [0, 0.1) is 0 Å². The van der Waals surface area contributed by atoms with Crippen LogP contribution in [0.2, 0.25) is 0 Å². The third-order valence-electron chi connectivity index (χ3n) is 2.56. The van der Waals surface area contributed by atoms with E-state index in [0.29, 0.717) is 6.04 Å². The Morgan fingerprint density at radius 3 is 3.20 bits per heavy atom. The zero-order chi connectivity index (χ0) is 10.5. The summed E-state index contributed by atoms with van der Waals surface area (Å²) in [5.41, 5.74) is 0. The fourth-order valence-corrected chi connectivity index (χ4v) is 2.48. The lowest BCUT2D eigenvalue weighted by Gasteiger charge is -2.22. The minimum Gasteiger partial charge on any atom is -0.487 e. The molecule has 0 bridgehead atoms. The molecule has 2 heterocycles. The van der Waals surface area contributed by atoms with Gasteiger partial charge in [0.2, 0.25) is 0 Å². The molecule has 1 aromatic heterocycles. The van der Waals surface area contributed by atoms with Crippen LogP contribution < -0.4 is 10.1 Å². The van der Waals surface area contributed by atoms with E-state index in [1.165, 1.54) is 17.7 Å². The van der Waals surface area contributed by atoms with E-state index in [2.05, 4.69) is 11.4 Å². The molecular formula is C11H17NO2S. The van der Waals surface area contributed by atoms with E-state index in [0.717, 1.165) is 24.8 Å². The summed E-state index contributed by atoms with van der Waals surface area (Å²) < 4.78 is 10.6. The van der Waals surface area contributed by atoms with Crippen molar-refractivity contribution in [3.05, 3.63) is 17.0 Å². The van der Waals surface area contributed by atoms with E-state index in [1.807, 2.05) is 6.07 Å². The van der Waals surface area contributed by atoms with Gasteiger partial charge in [0.1, 0.15) is 0 Å². The minimum absolute atomic E-state index is 0.520. The van der Waals surface area contributed by atoms with Crippen molar-refractivity contribution in [3.63, 3.8) is 0 Å². The molecule has 0 amide bonds. The Hall–Kier alpha value is -0.580. The third kappa shape index (κ3) is 3.19. The largest absolute Gasteiger partial charge is 0.487 e. The summed E-state index contributed by atoms with van der Waals surface area (Å²) in [4.78, 5) is 1.32. The molecule has 84 valence electrons. The van der Waals surface area contributed by atoms with Crippen LogP contribution in [0.15, 0.2) is 12.1 Å². The first kappa shape index (κ1) is 10.9. The first-order valence-corrected chi connectivity index (χ1v) is 6.14. The van der Waals surface area contributed by atoms with E-state index in [1.54, 1.807) is 18.4 Å². The maximum Gasteiger partial charge on any atom is 0.173 e. The van der Waals surface area contributed by atoms with Crippen molar-refractivity contribution >= 4 is 11.3 Å². The lowest BCUT2D eigenvalue weighted by molar-refractivity contribution is 0.0700. The van der Waals surface area contributed by atoms with Crippen LogP contribution in [0.5, 0.6) is 5.06 Å². The van der Waals surface area contributed by atoms with E-state index < -0.39 is 0 Å². The summed E-state index contributed by atoms with van der Waals surface area (Å²) in [6.45, 7) is 2.69. The smallest absolute Gasteiger partial charge is 0.173 e. The molecule has 1 aliphatic heterocycles. The number of thiophene rings is 1. The molecule has 1 saturated heterocycles. The Labute approximate surface area is 94.4 Å². The molecule has 15 heavy (non-hydrogen) atoms. The molecule has 1 N–H and O–H groups in total. The van der Waals surface area contributed by atoms with Gasteiger partial charge in [-0.05, 0) is 25.0 Å². The summed E-state index contributed by atoms with van der Waals surface area (Å²) in [6, 6.07) is 4.64. The number of rotatable bonds is 4. The van der Waals surface area contributed by atoms with Gasteiger partial charge in [0.25, 0.3) is 0 Å². The zero-order valence-corrected chi connectivity index (χ0v) is 9.81. The Morgan fingerprint density at radius 2 is 2.53 bits per heavy atom. The molecule has 0 aromatic carbocycles. The molecule has 0 saturated carbocycles. The predicted molar refractivity (Wildman–Crippen MR) is 61.6 cm³/mol. The third-order valence-corrected chi connectivity index (χ3v) is 3.61. The highest BCUT2D eigenvalue weighted by Crippen LogP contribution is 2.23. The van der Waals surface area contributed by atoms with Crippen LogP contribution in [0.1, 0.15) is 17.7 Å². The molecule has 4 heteroatoms. The lowest BCUT2D eigenvalue weighted by atomic mass is 10.1. The molecule has 1 unspecified atom stereocenters. The van der Waals surface area contributed by atoms with Crippen molar-refractivity contribution in [1.29, 1.82) is 0 Å². The van der Waals surface area contributed by atoms with Crippen LogP contribution in [0.4, 0.5) is 0 Å². The van der Waals surface area contributed by atoms with Crippen LogP contribution in [-0.4, -0.2) is 26.4 Å². The standard InChI is InChI=1S/C11H17NO2S/c1-13-11-5-4-10(15-11)7-12-9-3-2-6-14-8-9/h4-5,9,12H,2-3,6-8H2,1H3. The highest BCUT2D eigenvalue weighted by atomic mass is 32.1. The molecule has 0 spiro atoms. The molecule has 3 nitrogen and oxygen atoms in total. The number of hydrogen-bond acceptors (Lipinski definition) is 4. The molecule has 0 aliphatic carbocycles. The van der Waals surface area contributed by atoms with Crippen molar-refractivity contribution in [3.8, 4) is 5.06 Å². The maximum atomic E-state index is 5.41. The van der Waals surface area contributed by atoms with Crippen molar-refractivity contribution in [2.24, 2.45) is 0 Å². The summed E-state index contributed by atoms with van der Waals surface area (Å²) in [7, 11) is 1.71. The SMILES string of the molecule is COc1ccc(CNC2CCCOC2)s1. The van der Waals surface area contributed by atoms with Crippen LogP contribution in [0.3, 0.4) is 0 Å². The summed E-state index contributed by atoms with van der Waals surface area (Å²) in [5, 5.41) is 4.48. The van der Waals surface area contributed by atoms with Crippen molar-refractivity contribution in [2.75, 3.05) is 20.3 Å². The monoisotopic (exact) mass is 227 g/mol. The second-order valence-electron chi connectivity index (χ2n) is 3.72. The van der Waals surface area contributed by atoms with Crippen LogP contribution >= 0.6 is 11.3 Å². The molecule has 1 fully saturated rings. The Balaban J connectivity index is 1.76. The van der Waals surface area contributed by atoms with Gasteiger partial charge in [0.15, 0.2) is 5.06 Å². The number of hydrogen-bond donors (Lipinski definition) is 1. The number of ether oxygens (including phenoxy) is 2. The van der Waals surface area contributed by atoms with Gasteiger partial charge in [-0.1, -0.05) is 0 Å². The fraction of sp³-hybridized carbons (Fsp3) is 0.636. The average Bonchev–Trinajstić information content (AvgIpc) is 2.76. The molecular weight excluding hydrogens is 210 g/mol. The summed E-state index contributed by atoms with van der Waals surface area (Å²) in [5.74, 6) is 0. The Kier molecular flexibility index (Phi) is 4.00. The first-order valence-electron chi connectivity index (χ1n) is 5.32. The van der Waals surface area contributed by atoms with Gasteiger partial charge < -0.3 is 14.8 Å². The number of nitrogens with one attached hydrogen (secondary N) is 1. The van der Waals surface area contributed by atoms with Gasteiger partial charge >= 0.3 is 0 Å². The lowest BCUT2D eigenvalue weighted by Crippen LogP contribution is -2.36. The van der Waals surface area contributed by atoms with Gasteiger partial charge in [0.05, 0.1) is 13.7 Å². The minimum atomic E-state index is 0.520. The van der Waals surface area contributed by atoms with Crippen molar-refractivity contribution in [1.82, 2.24) is 5.32 Å². The van der Waals surface area contributed by atoms with Crippen molar-refractivity contribution < 1.29 is 9.47 Å². The fourth-order valence-electron chi connectivity index (χ4n) is 1.71. The molecule has 1 aliphatic rings. The topological polar surface area (TPSA) is 30.5 Å². The summed E-state index contributed by atoms with van der Waals surface area (Å²) in [6.07, 6.45) is 2.40. The van der Waals surface area contributed by atoms with Gasteiger partial charge in [0, 0.05) is 24.1 Å². The molecule has 0 radical (unpaired) electrons. The maximum absolute atomic E-state index is 5.41. The van der Waals surface area contributed by atoms with E-state index in [4.69, 9.17) is 9.47 Å². The molecule has 1 aromatic rings. The second kappa shape index (κ2) is 5.49. The Bertz CT molecular complexity index is 295.